The Balaban J connectivity index is 2.31. The van der Waals surface area contributed by atoms with Crippen LogP contribution in [0.3, 0.4) is 0 Å². The number of benzene rings is 1. The van der Waals surface area contributed by atoms with Crippen molar-refractivity contribution in [2.75, 3.05) is 18.1 Å². The molecule has 0 aromatic heterocycles. The summed E-state index contributed by atoms with van der Waals surface area (Å²) in [6, 6.07) is 2.33. The first-order valence-corrected chi connectivity index (χ1v) is 6.28. The van der Waals surface area contributed by atoms with Gasteiger partial charge in [-0.25, -0.2) is 9.18 Å². The zero-order valence-corrected chi connectivity index (χ0v) is 11.2. The highest BCUT2D eigenvalue weighted by molar-refractivity contribution is 5.82. The third kappa shape index (κ3) is 2.74. The molecule has 1 aromatic rings. The maximum atomic E-state index is 13.7. The Morgan fingerprint density at radius 3 is 3.00 bits per heavy atom. The van der Waals surface area contributed by atoms with Crippen molar-refractivity contribution in [3.05, 3.63) is 36.0 Å². The number of anilines is 1. The van der Waals surface area contributed by atoms with Crippen molar-refractivity contribution in [1.29, 1.82) is 0 Å². The van der Waals surface area contributed by atoms with E-state index in [4.69, 9.17) is 9.47 Å². The van der Waals surface area contributed by atoms with E-state index in [1.165, 1.54) is 18.3 Å². The molecular weight excluding hydrogens is 268 g/mol. The summed E-state index contributed by atoms with van der Waals surface area (Å²) in [6.07, 6.45) is 2.73. The second kappa shape index (κ2) is 5.90. The molecule has 6 heteroatoms. The largest absolute Gasteiger partial charge is 0.486 e. The molecule has 0 saturated heterocycles. The number of fused-ring (bicyclic) bond motifs is 1. The Kier molecular flexibility index (Phi) is 4.22. The summed E-state index contributed by atoms with van der Waals surface area (Å²) >= 11 is 0. The van der Waals surface area contributed by atoms with E-state index in [0.717, 1.165) is 6.07 Å². The molecule has 0 fully saturated rings. The third-order valence-corrected chi connectivity index (χ3v) is 2.91. The molecule has 2 rings (SSSR count). The normalized spacial score (nSPS) is 17.8. The Labute approximate surface area is 115 Å². The highest BCUT2D eigenvalue weighted by Gasteiger charge is 2.27. The monoisotopic (exact) mass is 283 g/mol. The molecule has 4 nitrogen and oxygen atoms in total. The van der Waals surface area contributed by atoms with Crippen LogP contribution < -0.4 is 9.64 Å². The number of ether oxygens (including phenoxy) is 2. The van der Waals surface area contributed by atoms with Crippen LogP contribution in [-0.4, -0.2) is 25.2 Å². The van der Waals surface area contributed by atoms with Gasteiger partial charge < -0.3 is 14.4 Å². The summed E-state index contributed by atoms with van der Waals surface area (Å²) in [5, 5.41) is 0. The van der Waals surface area contributed by atoms with E-state index < -0.39 is 17.6 Å². The Hall–Kier alpha value is -2.11. The van der Waals surface area contributed by atoms with E-state index >= 15 is 0 Å². The van der Waals surface area contributed by atoms with Gasteiger partial charge in [-0.2, -0.15) is 4.39 Å². The number of nitrogens with zero attached hydrogens (tertiary/aromatic N) is 1. The number of halogens is 2. The van der Waals surface area contributed by atoms with Crippen molar-refractivity contribution >= 4 is 11.7 Å². The average molecular weight is 283 g/mol. The molecule has 108 valence electrons. The van der Waals surface area contributed by atoms with Gasteiger partial charge in [-0.3, -0.25) is 0 Å². The van der Waals surface area contributed by atoms with Crippen molar-refractivity contribution in [1.82, 2.24) is 0 Å². The minimum atomic E-state index is -1.02. The molecule has 20 heavy (non-hydrogen) atoms. The molecule has 0 bridgehead atoms. The molecule has 0 N–H and O–H groups in total. The fraction of sp³-hybridized carbons (Fsp3) is 0.357. The van der Waals surface area contributed by atoms with E-state index in [9.17, 15) is 13.6 Å². The molecule has 0 amide bonds. The fourth-order valence-corrected chi connectivity index (χ4v) is 1.94. The van der Waals surface area contributed by atoms with E-state index in [1.54, 1.807) is 11.8 Å². The first-order chi connectivity index (χ1) is 9.54. The number of rotatable bonds is 3. The minimum absolute atomic E-state index is 0.113. The maximum absolute atomic E-state index is 13.7. The molecule has 0 radical (unpaired) electrons. The highest BCUT2D eigenvalue weighted by Crippen LogP contribution is 2.37. The van der Waals surface area contributed by atoms with Gasteiger partial charge in [0.1, 0.15) is 6.61 Å². The first-order valence-electron chi connectivity index (χ1n) is 6.28. The smallest absolute Gasteiger partial charge is 0.332 e. The summed E-state index contributed by atoms with van der Waals surface area (Å²) in [6.45, 7) is 4.02. The second-order valence-corrected chi connectivity index (χ2v) is 4.34. The van der Waals surface area contributed by atoms with Crippen molar-refractivity contribution in [3.8, 4) is 5.75 Å². The van der Waals surface area contributed by atoms with Crippen LogP contribution in [0.2, 0.25) is 0 Å². The minimum Gasteiger partial charge on any atom is -0.486 e. The van der Waals surface area contributed by atoms with Gasteiger partial charge in [0.05, 0.1) is 18.3 Å². The average Bonchev–Trinajstić information content (AvgIpc) is 2.42. The molecule has 1 atom stereocenters. The molecular formula is C14H15F2NO3. The standard InChI is InChI=1S/C14H15F2NO3/c1-3-19-12(18)6-7-17-9(2)8-20-14-11(17)5-4-10(15)13(14)16/h4-7,9H,3,8H2,1-2H3/b7-6+. The number of carbonyl (C=O) groups is 1. The van der Waals surface area contributed by atoms with Crippen LogP contribution >= 0.6 is 0 Å². The van der Waals surface area contributed by atoms with Crippen LogP contribution in [0.1, 0.15) is 13.8 Å². The van der Waals surface area contributed by atoms with E-state index in [2.05, 4.69) is 0 Å². The molecule has 1 aliphatic heterocycles. The zero-order chi connectivity index (χ0) is 14.7. The van der Waals surface area contributed by atoms with Crippen molar-refractivity contribution in [3.63, 3.8) is 0 Å². The Bertz CT molecular complexity index is 545. The number of hydrogen-bond acceptors (Lipinski definition) is 4. The lowest BCUT2D eigenvalue weighted by Crippen LogP contribution is -2.37. The van der Waals surface area contributed by atoms with Crippen molar-refractivity contribution in [2.24, 2.45) is 0 Å². The Morgan fingerprint density at radius 1 is 1.55 bits per heavy atom. The lowest BCUT2D eigenvalue weighted by Gasteiger charge is -2.34. The number of carbonyl (C=O) groups excluding carboxylic acids is 1. The molecule has 0 spiro atoms. The summed E-state index contributed by atoms with van der Waals surface area (Å²) in [5.41, 5.74) is 0.378. The lowest BCUT2D eigenvalue weighted by atomic mass is 10.1. The van der Waals surface area contributed by atoms with E-state index in [1.807, 2.05) is 6.92 Å². The number of hydrogen-bond donors (Lipinski definition) is 0. The van der Waals surface area contributed by atoms with Gasteiger partial charge in [0.2, 0.25) is 5.82 Å². The summed E-state index contributed by atoms with van der Waals surface area (Å²) in [7, 11) is 0. The summed E-state index contributed by atoms with van der Waals surface area (Å²) in [4.78, 5) is 13.0. The first kappa shape index (κ1) is 14.3. The zero-order valence-electron chi connectivity index (χ0n) is 11.2. The SMILES string of the molecule is CCOC(=O)/C=C/N1c2ccc(F)c(F)c2OCC1C. The van der Waals surface area contributed by atoms with Crippen molar-refractivity contribution in [2.45, 2.75) is 19.9 Å². The molecule has 1 aliphatic rings. The molecule has 0 aliphatic carbocycles. The fourth-order valence-electron chi connectivity index (χ4n) is 1.94. The van der Waals surface area contributed by atoms with E-state index in [0.29, 0.717) is 5.69 Å². The third-order valence-electron chi connectivity index (χ3n) is 2.91. The van der Waals surface area contributed by atoms with Gasteiger partial charge >= 0.3 is 5.97 Å². The second-order valence-electron chi connectivity index (χ2n) is 4.34. The van der Waals surface area contributed by atoms with Crippen LogP contribution in [-0.2, 0) is 9.53 Å². The van der Waals surface area contributed by atoms with Crippen LogP contribution in [0.25, 0.3) is 0 Å². The topological polar surface area (TPSA) is 38.8 Å². The van der Waals surface area contributed by atoms with Crippen LogP contribution in [0.5, 0.6) is 5.75 Å². The maximum Gasteiger partial charge on any atom is 0.332 e. The van der Waals surface area contributed by atoms with Crippen LogP contribution in [0.4, 0.5) is 14.5 Å². The van der Waals surface area contributed by atoms with Gasteiger partial charge in [-0.1, -0.05) is 0 Å². The Morgan fingerprint density at radius 2 is 2.30 bits per heavy atom. The number of esters is 1. The quantitative estimate of drug-likeness (QED) is 0.631. The lowest BCUT2D eigenvalue weighted by molar-refractivity contribution is -0.137. The summed E-state index contributed by atoms with van der Waals surface area (Å²) in [5.74, 6) is -2.62. The van der Waals surface area contributed by atoms with Gasteiger partial charge in [0.15, 0.2) is 11.6 Å². The van der Waals surface area contributed by atoms with E-state index in [-0.39, 0.29) is 25.0 Å². The molecule has 0 saturated carbocycles. The predicted molar refractivity (Wildman–Crippen MR) is 69.6 cm³/mol. The molecule has 1 unspecified atom stereocenters. The molecule has 1 aromatic carbocycles. The predicted octanol–water partition coefficient (Wildman–Crippen LogP) is 2.63. The van der Waals surface area contributed by atoms with Gasteiger partial charge in [0.25, 0.3) is 0 Å². The van der Waals surface area contributed by atoms with Gasteiger partial charge in [-0.15, -0.1) is 0 Å². The van der Waals surface area contributed by atoms with Gasteiger partial charge in [0, 0.05) is 12.3 Å². The van der Waals surface area contributed by atoms with Crippen molar-refractivity contribution < 1.29 is 23.0 Å². The molecule has 1 heterocycles. The van der Waals surface area contributed by atoms with Crippen LogP contribution in [0.15, 0.2) is 24.4 Å². The van der Waals surface area contributed by atoms with Crippen LogP contribution in [0, 0.1) is 11.6 Å². The van der Waals surface area contributed by atoms with Gasteiger partial charge in [-0.05, 0) is 26.0 Å². The highest BCUT2D eigenvalue weighted by atomic mass is 19.2. The summed E-state index contributed by atoms with van der Waals surface area (Å²) < 4.78 is 36.8.